The summed E-state index contributed by atoms with van der Waals surface area (Å²) in [5.74, 6) is -1.18. The lowest BCUT2D eigenvalue weighted by Gasteiger charge is -2.35. The van der Waals surface area contributed by atoms with Crippen LogP contribution in [0, 0.1) is 19.7 Å². The number of halogens is 1. The van der Waals surface area contributed by atoms with Gasteiger partial charge in [0, 0.05) is 18.8 Å². The second kappa shape index (κ2) is 7.25. The average Bonchev–Trinajstić information content (AvgIpc) is 2.60. The third-order valence-corrected chi connectivity index (χ3v) is 4.47. The molecule has 2 amide bonds. The molecule has 0 spiro atoms. The van der Waals surface area contributed by atoms with Crippen molar-refractivity contribution < 1.29 is 19.1 Å². The zero-order valence-corrected chi connectivity index (χ0v) is 14.8. The average molecular weight is 356 g/mol. The molecule has 1 saturated heterocycles. The standard InChI is InChI=1S/C20H21FN2O3/c1-13-9-14(2)11-17(10-13)23-8-7-22(12-18(23)24)20(26)19(25)15-3-5-16(21)6-4-15/h3-6,9-11,19,25H,7-8,12H2,1-2H3. The summed E-state index contributed by atoms with van der Waals surface area (Å²) < 4.78 is 13.0. The number of piperazine rings is 1. The summed E-state index contributed by atoms with van der Waals surface area (Å²) in [6.07, 6.45) is -1.41. The van der Waals surface area contributed by atoms with E-state index >= 15 is 0 Å². The fraction of sp³-hybridized carbons (Fsp3) is 0.300. The van der Waals surface area contributed by atoms with E-state index in [-0.39, 0.29) is 12.5 Å². The minimum absolute atomic E-state index is 0.0932. The van der Waals surface area contributed by atoms with Crippen molar-refractivity contribution in [1.82, 2.24) is 4.90 Å². The molecular formula is C20H21FN2O3. The molecule has 0 saturated carbocycles. The molecular weight excluding hydrogens is 335 g/mol. The fourth-order valence-electron chi connectivity index (χ4n) is 3.20. The SMILES string of the molecule is Cc1cc(C)cc(N2CCN(C(=O)C(O)c3ccc(F)cc3)CC2=O)c1. The Bertz CT molecular complexity index is 815. The van der Waals surface area contributed by atoms with Crippen LogP contribution in [0.2, 0.25) is 0 Å². The Labute approximate surface area is 151 Å². The van der Waals surface area contributed by atoms with Crippen LogP contribution >= 0.6 is 0 Å². The van der Waals surface area contributed by atoms with Crippen LogP contribution in [0.5, 0.6) is 0 Å². The van der Waals surface area contributed by atoms with Crippen molar-refractivity contribution in [2.24, 2.45) is 0 Å². The number of benzene rings is 2. The number of hydrogen-bond donors (Lipinski definition) is 1. The quantitative estimate of drug-likeness (QED) is 0.918. The normalized spacial score (nSPS) is 15.9. The van der Waals surface area contributed by atoms with Crippen molar-refractivity contribution in [1.29, 1.82) is 0 Å². The Kier molecular flexibility index (Phi) is 5.04. The topological polar surface area (TPSA) is 60.9 Å². The molecule has 3 rings (SSSR count). The highest BCUT2D eigenvalue weighted by Gasteiger charge is 2.31. The van der Waals surface area contributed by atoms with Gasteiger partial charge in [-0.05, 0) is 54.8 Å². The number of anilines is 1. The molecule has 1 aliphatic rings. The van der Waals surface area contributed by atoms with Crippen LogP contribution < -0.4 is 4.90 Å². The molecule has 0 aromatic heterocycles. The molecule has 6 heteroatoms. The summed E-state index contributed by atoms with van der Waals surface area (Å²) >= 11 is 0. The third-order valence-electron chi connectivity index (χ3n) is 4.47. The maximum atomic E-state index is 13.0. The Hall–Kier alpha value is -2.73. The van der Waals surface area contributed by atoms with Gasteiger partial charge in [-0.15, -0.1) is 0 Å². The minimum atomic E-state index is -1.41. The molecule has 0 aliphatic carbocycles. The largest absolute Gasteiger partial charge is 0.378 e. The molecule has 1 N–H and O–H groups in total. The van der Waals surface area contributed by atoms with Crippen LogP contribution in [0.1, 0.15) is 22.8 Å². The van der Waals surface area contributed by atoms with E-state index in [0.29, 0.717) is 18.7 Å². The Morgan fingerprint density at radius 2 is 1.69 bits per heavy atom. The molecule has 1 atom stereocenters. The van der Waals surface area contributed by atoms with E-state index in [1.807, 2.05) is 32.0 Å². The fourth-order valence-corrected chi connectivity index (χ4v) is 3.20. The summed E-state index contributed by atoms with van der Waals surface area (Å²) in [7, 11) is 0. The van der Waals surface area contributed by atoms with Crippen molar-refractivity contribution >= 4 is 17.5 Å². The number of amides is 2. The number of aliphatic hydroxyl groups excluding tert-OH is 1. The molecule has 26 heavy (non-hydrogen) atoms. The van der Waals surface area contributed by atoms with E-state index in [1.54, 1.807) is 4.90 Å². The van der Waals surface area contributed by atoms with E-state index in [2.05, 4.69) is 0 Å². The minimum Gasteiger partial charge on any atom is -0.378 e. The van der Waals surface area contributed by atoms with Crippen molar-refractivity contribution in [2.45, 2.75) is 20.0 Å². The maximum Gasteiger partial charge on any atom is 0.256 e. The Morgan fingerprint density at radius 3 is 2.27 bits per heavy atom. The molecule has 5 nitrogen and oxygen atoms in total. The van der Waals surface area contributed by atoms with E-state index in [9.17, 15) is 19.1 Å². The first-order valence-corrected chi connectivity index (χ1v) is 8.46. The van der Waals surface area contributed by atoms with Gasteiger partial charge in [-0.25, -0.2) is 4.39 Å². The van der Waals surface area contributed by atoms with E-state index in [0.717, 1.165) is 16.8 Å². The van der Waals surface area contributed by atoms with E-state index in [1.165, 1.54) is 29.2 Å². The highest BCUT2D eigenvalue weighted by Crippen LogP contribution is 2.23. The number of hydrogen-bond acceptors (Lipinski definition) is 3. The monoisotopic (exact) mass is 356 g/mol. The highest BCUT2D eigenvalue weighted by molar-refractivity contribution is 5.98. The first-order chi connectivity index (χ1) is 12.3. The lowest BCUT2D eigenvalue weighted by atomic mass is 10.1. The van der Waals surface area contributed by atoms with Crippen molar-refractivity contribution in [3.63, 3.8) is 0 Å². The van der Waals surface area contributed by atoms with Crippen LogP contribution in [0.4, 0.5) is 10.1 Å². The molecule has 1 heterocycles. The number of nitrogens with zero attached hydrogens (tertiary/aromatic N) is 2. The van der Waals surface area contributed by atoms with Gasteiger partial charge in [0.05, 0.1) is 0 Å². The van der Waals surface area contributed by atoms with Crippen LogP contribution in [0.3, 0.4) is 0 Å². The van der Waals surface area contributed by atoms with Gasteiger partial charge in [-0.2, -0.15) is 0 Å². The third kappa shape index (κ3) is 3.75. The summed E-state index contributed by atoms with van der Waals surface area (Å²) in [6.45, 7) is 4.54. The molecule has 2 aromatic carbocycles. The van der Waals surface area contributed by atoms with Crippen molar-refractivity contribution in [2.75, 3.05) is 24.5 Å². The predicted molar refractivity (Wildman–Crippen MR) is 96.2 cm³/mol. The van der Waals surface area contributed by atoms with E-state index < -0.39 is 17.8 Å². The molecule has 1 unspecified atom stereocenters. The molecule has 0 radical (unpaired) electrons. The zero-order chi connectivity index (χ0) is 18.8. The van der Waals surface area contributed by atoms with Gasteiger partial charge < -0.3 is 14.9 Å². The molecule has 1 fully saturated rings. The molecule has 1 aliphatic heterocycles. The van der Waals surface area contributed by atoms with Gasteiger partial charge in [0.2, 0.25) is 5.91 Å². The van der Waals surface area contributed by atoms with Crippen molar-refractivity contribution in [3.05, 3.63) is 65.0 Å². The highest BCUT2D eigenvalue weighted by atomic mass is 19.1. The zero-order valence-electron chi connectivity index (χ0n) is 14.8. The van der Waals surface area contributed by atoms with Gasteiger partial charge in [0.1, 0.15) is 12.4 Å². The summed E-state index contributed by atoms with van der Waals surface area (Å²) in [5, 5.41) is 10.2. The van der Waals surface area contributed by atoms with Crippen molar-refractivity contribution in [3.8, 4) is 0 Å². The van der Waals surface area contributed by atoms with E-state index in [4.69, 9.17) is 0 Å². The Balaban J connectivity index is 1.70. The van der Waals surface area contributed by atoms with Gasteiger partial charge in [0.25, 0.3) is 5.91 Å². The van der Waals surface area contributed by atoms with Crippen LogP contribution in [-0.4, -0.2) is 41.5 Å². The molecule has 2 aromatic rings. The summed E-state index contributed by atoms with van der Waals surface area (Å²) in [5.41, 5.74) is 3.26. The van der Waals surface area contributed by atoms with Crippen LogP contribution in [-0.2, 0) is 9.59 Å². The first kappa shape index (κ1) is 18.1. The second-order valence-electron chi connectivity index (χ2n) is 6.61. The number of aryl methyl sites for hydroxylation is 2. The lowest BCUT2D eigenvalue weighted by Crippen LogP contribution is -2.53. The first-order valence-electron chi connectivity index (χ1n) is 8.46. The number of aliphatic hydroxyl groups is 1. The van der Waals surface area contributed by atoms with Gasteiger partial charge in [0.15, 0.2) is 6.10 Å². The number of carbonyl (C=O) groups is 2. The van der Waals surface area contributed by atoms with Gasteiger partial charge >= 0.3 is 0 Å². The maximum absolute atomic E-state index is 13.0. The predicted octanol–water partition coefficient (Wildman–Crippen LogP) is 2.35. The molecule has 136 valence electrons. The van der Waals surface area contributed by atoms with Crippen LogP contribution in [0.25, 0.3) is 0 Å². The number of rotatable bonds is 3. The summed E-state index contributed by atoms with van der Waals surface area (Å²) in [4.78, 5) is 28.0. The van der Waals surface area contributed by atoms with Gasteiger partial charge in [-0.1, -0.05) is 18.2 Å². The molecule has 0 bridgehead atoms. The Morgan fingerprint density at radius 1 is 1.08 bits per heavy atom. The second-order valence-corrected chi connectivity index (χ2v) is 6.61. The van der Waals surface area contributed by atoms with Gasteiger partial charge in [-0.3, -0.25) is 9.59 Å². The number of carbonyl (C=O) groups excluding carboxylic acids is 2. The van der Waals surface area contributed by atoms with Crippen LogP contribution in [0.15, 0.2) is 42.5 Å². The lowest BCUT2D eigenvalue weighted by molar-refractivity contribution is -0.144. The smallest absolute Gasteiger partial charge is 0.256 e. The summed E-state index contributed by atoms with van der Waals surface area (Å²) in [6, 6.07) is 11.0.